The average molecular weight is 295 g/mol. The number of nitrogens with one attached hydrogen (secondary N) is 1. The zero-order valence-electron chi connectivity index (χ0n) is 11.4. The second kappa shape index (κ2) is 5.68. The van der Waals surface area contributed by atoms with E-state index in [0.717, 1.165) is 0 Å². The monoisotopic (exact) mass is 295 g/mol. The first-order chi connectivity index (χ1) is 9.03. The SMILES string of the molecule is CC(C)(C)c1noc(=O)n1CCCNC(=O)C(F)(F)F. The van der Waals surface area contributed by atoms with Crippen LogP contribution in [0.1, 0.15) is 33.0 Å². The highest BCUT2D eigenvalue weighted by molar-refractivity contribution is 5.81. The number of aromatic nitrogens is 2. The largest absolute Gasteiger partial charge is 0.471 e. The number of halogens is 3. The molecule has 1 aromatic rings. The van der Waals surface area contributed by atoms with Gasteiger partial charge in [0.2, 0.25) is 0 Å². The summed E-state index contributed by atoms with van der Waals surface area (Å²) in [7, 11) is 0. The topological polar surface area (TPSA) is 77.1 Å². The molecule has 0 saturated heterocycles. The zero-order chi connectivity index (χ0) is 15.6. The fraction of sp³-hybridized carbons (Fsp3) is 0.727. The number of rotatable bonds is 4. The van der Waals surface area contributed by atoms with E-state index in [2.05, 4.69) is 9.68 Å². The quantitative estimate of drug-likeness (QED) is 0.847. The lowest BCUT2D eigenvalue weighted by Gasteiger charge is -2.17. The minimum atomic E-state index is -4.90. The Morgan fingerprint density at radius 3 is 2.45 bits per heavy atom. The van der Waals surface area contributed by atoms with Crippen LogP contribution in [-0.2, 0) is 16.8 Å². The summed E-state index contributed by atoms with van der Waals surface area (Å²) in [6, 6.07) is 0. The van der Waals surface area contributed by atoms with Gasteiger partial charge in [-0.15, -0.1) is 0 Å². The highest BCUT2D eigenvalue weighted by Crippen LogP contribution is 2.18. The summed E-state index contributed by atoms with van der Waals surface area (Å²) in [6.07, 6.45) is -4.74. The molecule has 0 saturated carbocycles. The van der Waals surface area contributed by atoms with Crippen LogP contribution in [0.3, 0.4) is 0 Å². The van der Waals surface area contributed by atoms with Crippen LogP contribution in [-0.4, -0.2) is 28.4 Å². The third kappa shape index (κ3) is 4.10. The van der Waals surface area contributed by atoms with E-state index in [1.807, 2.05) is 20.8 Å². The Hall–Kier alpha value is -1.80. The van der Waals surface area contributed by atoms with E-state index in [1.165, 1.54) is 4.57 Å². The molecule has 6 nitrogen and oxygen atoms in total. The molecular formula is C11H16F3N3O3. The lowest BCUT2D eigenvalue weighted by Crippen LogP contribution is -2.37. The Balaban J connectivity index is 2.58. The molecule has 1 heterocycles. The van der Waals surface area contributed by atoms with Crippen molar-refractivity contribution in [1.29, 1.82) is 0 Å². The lowest BCUT2D eigenvalue weighted by molar-refractivity contribution is -0.173. The molecule has 0 aliphatic rings. The fourth-order valence-corrected chi connectivity index (χ4v) is 1.55. The van der Waals surface area contributed by atoms with Gasteiger partial charge in [-0.05, 0) is 6.42 Å². The van der Waals surface area contributed by atoms with Gasteiger partial charge in [0.15, 0.2) is 5.82 Å². The summed E-state index contributed by atoms with van der Waals surface area (Å²) in [4.78, 5) is 22.0. The van der Waals surface area contributed by atoms with Crippen molar-refractivity contribution in [3.63, 3.8) is 0 Å². The molecular weight excluding hydrogens is 279 g/mol. The molecule has 1 N–H and O–H groups in total. The predicted octanol–water partition coefficient (Wildman–Crippen LogP) is 1.20. The lowest BCUT2D eigenvalue weighted by atomic mass is 9.96. The van der Waals surface area contributed by atoms with E-state index in [0.29, 0.717) is 5.82 Å². The standard InChI is InChI=1S/C11H16F3N3O3/c1-10(2,3)7-16-20-9(19)17(7)6-4-5-15-8(18)11(12,13)14/h4-6H2,1-3H3,(H,15,18). The molecule has 0 atom stereocenters. The number of hydrogen-bond donors (Lipinski definition) is 1. The maximum Gasteiger partial charge on any atom is 0.471 e. The maximum absolute atomic E-state index is 11.9. The Kier molecular flexibility index (Phi) is 4.61. The van der Waals surface area contributed by atoms with Crippen LogP contribution in [0, 0.1) is 0 Å². The van der Waals surface area contributed by atoms with Crippen LogP contribution in [0.2, 0.25) is 0 Å². The Bertz CT molecular complexity index is 525. The summed E-state index contributed by atoms with van der Waals surface area (Å²) in [5.74, 6) is -2.26. The van der Waals surface area contributed by atoms with Crippen LogP contribution in [0.25, 0.3) is 0 Å². The van der Waals surface area contributed by atoms with E-state index >= 15 is 0 Å². The second-order valence-corrected chi connectivity index (χ2v) is 5.28. The van der Waals surface area contributed by atoms with E-state index in [1.54, 1.807) is 5.32 Å². The van der Waals surface area contributed by atoms with E-state index in [-0.39, 0.29) is 19.5 Å². The van der Waals surface area contributed by atoms with Crippen molar-refractivity contribution in [2.75, 3.05) is 6.54 Å². The van der Waals surface area contributed by atoms with Gasteiger partial charge in [0.05, 0.1) is 0 Å². The summed E-state index contributed by atoms with van der Waals surface area (Å²) in [5.41, 5.74) is -0.429. The van der Waals surface area contributed by atoms with Crippen molar-refractivity contribution in [1.82, 2.24) is 15.0 Å². The van der Waals surface area contributed by atoms with Gasteiger partial charge in [-0.2, -0.15) is 13.2 Å². The summed E-state index contributed by atoms with van der Waals surface area (Å²) in [5, 5.41) is 5.38. The zero-order valence-corrected chi connectivity index (χ0v) is 11.4. The Labute approximate surface area is 112 Å². The minimum absolute atomic E-state index is 0.118. The summed E-state index contributed by atoms with van der Waals surface area (Å²) < 4.78 is 41.6. The Morgan fingerprint density at radius 2 is 1.95 bits per heavy atom. The van der Waals surface area contributed by atoms with E-state index < -0.39 is 23.3 Å². The molecule has 0 unspecified atom stereocenters. The van der Waals surface area contributed by atoms with Crippen molar-refractivity contribution in [3.05, 3.63) is 16.4 Å². The number of nitrogens with zero attached hydrogens (tertiary/aromatic N) is 2. The fourth-order valence-electron chi connectivity index (χ4n) is 1.55. The number of alkyl halides is 3. The van der Waals surface area contributed by atoms with Crippen LogP contribution in [0.5, 0.6) is 0 Å². The highest BCUT2D eigenvalue weighted by atomic mass is 19.4. The van der Waals surface area contributed by atoms with Gasteiger partial charge in [-0.3, -0.25) is 13.9 Å². The molecule has 0 aliphatic heterocycles. The number of hydrogen-bond acceptors (Lipinski definition) is 4. The first kappa shape index (κ1) is 16.3. The van der Waals surface area contributed by atoms with Crippen LogP contribution >= 0.6 is 0 Å². The summed E-state index contributed by atoms with van der Waals surface area (Å²) in [6.45, 7) is 5.40. The molecule has 20 heavy (non-hydrogen) atoms. The van der Waals surface area contributed by atoms with Crippen molar-refractivity contribution >= 4 is 5.91 Å². The third-order valence-electron chi connectivity index (χ3n) is 2.46. The van der Waals surface area contributed by atoms with Gasteiger partial charge in [-0.1, -0.05) is 25.9 Å². The van der Waals surface area contributed by atoms with E-state index in [4.69, 9.17) is 0 Å². The predicted molar refractivity (Wildman–Crippen MR) is 63.1 cm³/mol. The Morgan fingerprint density at radius 1 is 1.35 bits per heavy atom. The normalized spacial score (nSPS) is 12.5. The van der Waals surface area contributed by atoms with Gasteiger partial charge in [0.25, 0.3) is 0 Å². The summed E-state index contributed by atoms with van der Waals surface area (Å²) >= 11 is 0. The molecule has 0 aromatic carbocycles. The van der Waals surface area contributed by atoms with Crippen LogP contribution in [0.4, 0.5) is 13.2 Å². The average Bonchev–Trinajstić information content (AvgIpc) is 2.64. The van der Waals surface area contributed by atoms with Crippen molar-refractivity contribution in [2.24, 2.45) is 0 Å². The molecule has 0 radical (unpaired) electrons. The molecule has 1 rings (SSSR count). The maximum atomic E-state index is 11.9. The van der Waals surface area contributed by atoms with Crippen molar-refractivity contribution in [3.8, 4) is 0 Å². The smallest absolute Gasteiger partial charge is 0.348 e. The van der Waals surface area contributed by atoms with Crippen molar-refractivity contribution in [2.45, 2.75) is 45.3 Å². The molecule has 0 bridgehead atoms. The number of carbonyl (C=O) groups excluding carboxylic acids is 1. The second-order valence-electron chi connectivity index (χ2n) is 5.28. The molecule has 114 valence electrons. The third-order valence-corrected chi connectivity index (χ3v) is 2.46. The van der Waals surface area contributed by atoms with Gasteiger partial charge in [0.1, 0.15) is 0 Å². The van der Waals surface area contributed by atoms with Crippen LogP contribution in [0.15, 0.2) is 9.32 Å². The van der Waals surface area contributed by atoms with Gasteiger partial charge in [-0.25, -0.2) is 4.79 Å². The first-order valence-electron chi connectivity index (χ1n) is 5.95. The number of amides is 1. The number of carbonyl (C=O) groups is 1. The van der Waals surface area contributed by atoms with Gasteiger partial charge < -0.3 is 5.32 Å². The van der Waals surface area contributed by atoms with Crippen LogP contribution < -0.4 is 11.1 Å². The van der Waals surface area contributed by atoms with Gasteiger partial charge >= 0.3 is 17.8 Å². The van der Waals surface area contributed by atoms with E-state index in [9.17, 15) is 22.8 Å². The molecule has 1 amide bonds. The van der Waals surface area contributed by atoms with Gasteiger partial charge in [0, 0.05) is 18.5 Å². The first-order valence-corrected chi connectivity index (χ1v) is 5.95. The molecule has 0 spiro atoms. The highest BCUT2D eigenvalue weighted by Gasteiger charge is 2.38. The molecule has 1 aromatic heterocycles. The van der Waals surface area contributed by atoms with Crippen molar-refractivity contribution < 1.29 is 22.5 Å². The molecule has 9 heteroatoms. The minimum Gasteiger partial charge on any atom is -0.348 e. The molecule has 0 fully saturated rings. The molecule has 0 aliphatic carbocycles.